The van der Waals surface area contributed by atoms with Crippen molar-refractivity contribution in [2.24, 2.45) is 0 Å². The molecule has 1 aromatic carbocycles. The summed E-state index contributed by atoms with van der Waals surface area (Å²) in [5.74, 6) is 0. The largest absolute Gasteiger partial charge is 0.259 e. The van der Waals surface area contributed by atoms with E-state index in [-0.39, 0.29) is 0 Å². The third-order valence-electron chi connectivity index (χ3n) is 1.85. The number of halogens is 2. The van der Waals surface area contributed by atoms with E-state index in [2.05, 4.69) is 62.8 Å². The molecule has 0 bridgehead atoms. The van der Waals surface area contributed by atoms with Crippen LogP contribution in [0.4, 0.5) is 0 Å². The molecule has 2 aromatic rings. The molecule has 0 amide bonds. The van der Waals surface area contributed by atoms with Crippen molar-refractivity contribution in [2.75, 3.05) is 0 Å². The lowest BCUT2D eigenvalue weighted by molar-refractivity contribution is 0.673. The third kappa shape index (κ3) is 1.88. The van der Waals surface area contributed by atoms with Crippen LogP contribution in [0.1, 0.15) is 11.0 Å². The predicted octanol–water partition coefficient (Wildman–Crippen LogP) is 3.75. The van der Waals surface area contributed by atoms with Gasteiger partial charge >= 0.3 is 0 Å². The van der Waals surface area contributed by atoms with Crippen LogP contribution >= 0.6 is 38.5 Å². The van der Waals surface area contributed by atoms with Gasteiger partial charge in [0.25, 0.3) is 0 Å². The summed E-state index contributed by atoms with van der Waals surface area (Å²) in [6.07, 6.45) is 2.07. The highest BCUT2D eigenvalue weighted by Crippen LogP contribution is 2.21. The van der Waals surface area contributed by atoms with Crippen molar-refractivity contribution in [3.63, 3.8) is 0 Å². The molecule has 2 rings (SSSR count). The molecule has 4 heteroatoms. The van der Waals surface area contributed by atoms with Gasteiger partial charge in [-0.3, -0.25) is 4.68 Å². The van der Waals surface area contributed by atoms with Gasteiger partial charge in [-0.15, -0.1) is 0 Å². The Labute approximate surface area is 98.6 Å². The van der Waals surface area contributed by atoms with Crippen molar-refractivity contribution in [2.45, 2.75) is 11.0 Å². The van der Waals surface area contributed by atoms with Crippen molar-refractivity contribution >= 4 is 49.4 Å². The van der Waals surface area contributed by atoms with Crippen LogP contribution in [0.15, 0.2) is 28.9 Å². The first kappa shape index (κ1) is 9.45. The maximum Gasteiger partial charge on any atom is 0.100 e. The van der Waals surface area contributed by atoms with Crippen molar-refractivity contribution in [1.82, 2.24) is 9.78 Å². The van der Waals surface area contributed by atoms with Crippen LogP contribution in [0, 0.1) is 0 Å². The molecule has 0 spiro atoms. The third-order valence-corrected chi connectivity index (χ3v) is 2.91. The summed E-state index contributed by atoms with van der Waals surface area (Å²) in [7, 11) is 0. The number of benzene rings is 1. The second kappa shape index (κ2) is 3.57. The van der Waals surface area contributed by atoms with Crippen LogP contribution in [-0.2, 0) is 0 Å². The average molecular weight is 351 g/mol. The summed E-state index contributed by atoms with van der Waals surface area (Å²) >= 11 is 5.78. The maximum atomic E-state index is 4.44. The Morgan fingerprint density at radius 1 is 1.54 bits per heavy atom. The molecule has 1 unspecified atom stereocenters. The summed E-state index contributed by atoms with van der Waals surface area (Å²) in [5.41, 5.74) is 1.05. The number of hydrogen-bond donors (Lipinski definition) is 0. The van der Waals surface area contributed by atoms with Gasteiger partial charge < -0.3 is 0 Å². The molecule has 0 aliphatic rings. The maximum absolute atomic E-state index is 4.44. The van der Waals surface area contributed by atoms with Gasteiger partial charge in [-0.25, -0.2) is 0 Å². The van der Waals surface area contributed by atoms with E-state index in [1.807, 2.05) is 16.8 Å². The van der Waals surface area contributed by atoms with Crippen LogP contribution in [0.2, 0.25) is 0 Å². The van der Waals surface area contributed by atoms with Crippen LogP contribution in [0.5, 0.6) is 0 Å². The number of hydrogen-bond acceptors (Lipinski definition) is 1. The van der Waals surface area contributed by atoms with Crippen LogP contribution in [0.25, 0.3) is 10.9 Å². The van der Waals surface area contributed by atoms with Gasteiger partial charge in [-0.1, -0.05) is 38.5 Å². The van der Waals surface area contributed by atoms with Crippen LogP contribution in [-0.4, -0.2) is 9.78 Å². The molecule has 0 saturated carbocycles. The van der Waals surface area contributed by atoms with E-state index in [0.29, 0.717) is 4.05 Å². The molecule has 0 fully saturated rings. The van der Waals surface area contributed by atoms with Gasteiger partial charge in [-0.05, 0) is 25.1 Å². The number of aromatic nitrogens is 2. The molecule has 0 radical (unpaired) electrons. The number of fused-ring (bicyclic) bond motifs is 1. The first-order valence-corrected chi connectivity index (χ1v) is 5.99. The quantitative estimate of drug-likeness (QED) is 0.565. The average Bonchev–Trinajstić information content (AvgIpc) is 2.46. The first-order chi connectivity index (χ1) is 6.16. The molecule has 0 saturated heterocycles. The molecular weight excluding hydrogens is 343 g/mol. The fourth-order valence-corrected chi connectivity index (χ4v) is 1.86. The van der Waals surface area contributed by atoms with Gasteiger partial charge in [0.1, 0.15) is 4.05 Å². The van der Waals surface area contributed by atoms with Crippen LogP contribution in [0.3, 0.4) is 0 Å². The Balaban J connectivity index is 2.62. The van der Waals surface area contributed by atoms with Gasteiger partial charge in [0.15, 0.2) is 0 Å². The Hall–Kier alpha value is -0.100. The lowest BCUT2D eigenvalue weighted by Crippen LogP contribution is -1.96. The summed E-state index contributed by atoms with van der Waals surface area (Å²) in [5, 5.41) is 5.62. The molecular formula is C9H8BrIN2. The molecule has 0 aliphatic carbocycles. The fourth-order valence-electron chi connectivity index (χ4n) is 1.20. The second-order valence-corrected chi connectivity index (χ2v) is 5.60. The van der Waals surface area contributed by atoms with E-state index in [1.54, 1.807) is 0 Å². The van der Waals surface area contributed by atoms with Gasteiger partial charge in [-0.2, -0.15) is 5.10 Å². The summed E-state index contributed by atoms with van der Waals surface area (Å²) < 4.78 is 3.46. The van der Waals surface area contributed by atoms with Crippen molar-refractivity contribution in [1.29, 1.82) is 0 Å². The standard InChI is InChI=1S/C9H8BrIN2/c1-6(11)13-5-7-4-8(10)2-3-9(7)12-13/h2-6H,1H3. The highest BCUT2D eigenvalue weighted by molar-refractivity contribution is 14.1. The van der Waals surface area contributed by atoms with Crippen molar-refractivity contribution in [3.05, 3.63) is 28.9 Å². The molecule has 13 heavy (non-hydrogen) atoms. The zero-order valence-corrected chi connectivity index (χ0v) is 10.8. The normalized spacial score (nSPS) is 13.5. The molecule has 68 valence electrons. The van der Waals surface area contributed by atoms with E-state index in [4.69, 9.17) is 0 Å². The smallest absolute Gasteiger partial charge is 0.100 e. The van der Waals surface area contributed by atoms with Gasteiger partial charge in [0.2, 0.25) is 0 Å². The lowest BCUT2D eigenvalue weighted by atomic mass is 10.3. The number of rotatable bonds is 1. The van der Waals surface area contributed by atoms with Crippen molar-refractivity contribution in [3.8, 4) is 0 Å². The summed E-state index contributed by atoms with van der Waals surface area (Å²) in [6, 6.07) is 6.12. The van der Waals surface area contributed by atoms with E-state index in [9.17, 15) is 0 Å². The van der Waals surface area contributed by atoms with E-state index in [1.165, 1.54) is 5.39 Å². The minimum Gasteiger partial charge on any atom is -0.259 e. The molecule has 1 atom stereocenters. The highest BCUT2D eigenvalue weighted by Gasteiger charge is 2.03. The fraction of sp³-hybridized carbons (Fsp3) is 0.222. The SMILES string of the molecule is CC(I)n1cc2cc(Br)ccc2n1. The highest BCUT2D eigenvalue weighted by atomic mass is 127. The topological polar surface area (TPSA) is 17.8 Å². The molecule has 1 aromatic heterocycles. The molecule has 0 N–H and O–H groups in total. The zero-order chi connectivity index (χ0) is 9.42. The monoisotopic (exact) mass is 350 g/mol. The van der Waals surface area contributed by atoms with E-state index < -0.39 is 0 Å². The predicted molar refractivity (Wildman–Crippen MR) is 66.2 cm³/mol. The molecule has 1 heterocycles. The van der Waals surface area contributed by atoms with E-state index >= 15 is 0 Å². The van der Waals surface area contributed by atoms with Crippen LogP contribution < -0.4 is 0 Å². The van der Waals surface area contributed by atoms with E-state index in [0.717, 1.165) is 9.99 Å². The zero-order valence-electron chi connectivity index (χ0n) is 7.04. The molecule has 0 aliphatic heterocycles. The Morgan fingerprint density at radius 3 is 3.00 bits per heavy atom. The Morgan fingerprint density at radius 2 is 2.31 bits per heavy atom. The minimum absolute atomic E-state index is 0.392. The second-order valence-electron chi connectivity index (χ2n) is 2.89. The van der Waals surface area contributed by atoms with Gasteiger partial charge in [0, 0.05) is 16.1 Å². The first-order valence-electron chi connectivity index (χ1n) is 3.95. The Kier molecular flexibility index (Phi) is 2.60. The van der Waals surface area contributed by atoms with Gasteiger partial charge in [0.05, 0.1) is 5.52 Å². The molecule has 2 nitrogen and oxygen atoms in total. The Bertz CT molecular complexity index is 436. The summed E-state index contributed by atoms with van der Waals surface area (Å²) in [6.45, 7) is 2.11. The number of alkyl halides is 1. The van der Waals surface area contributed by atoms with Crippen molar-refractivity contribution < 1.29 is 0 Å². The lowest BCUT2D eigenvalue weighted by Gasteiger charge is -2.00. The minimum atomic E-state index is 0.392. The number of nitrogens with zero attached hydrogens (tertiary/aromatic N) is 2. The summed E-state index contributed by atoms with van der Waals surface area (Å²) in [4.78, 5) is 0.